The van der Waals surface area contributed by atoms with Gasteiger partial charge in [-0.1, -0.05) is 54.2 Å². The molecular weight excluding hydrogens is 350 g/mol. The molecule has 1 aliphatic heterocycles. The Hall–Kier alpha value is -2.18. The van der Waals surface area contributed by atoms with Crippen LogP contribution in [0.4, 0.5) is 5.69 Å². The fourth-order valence-electron chi connectivity index (χ4n) is 3.00. The lowest BCUT2D eigenvalue weighted by Crippen LogP contribution is -2.30. The third-order valence-electron chi connectivity index (χ3n) is 4.30. The van der Waals surface area contributed by atoms with E-state index in [1.54, 1.807) is 0 Å². The van der Waals surface area contributed by atoms with Crippen molar-refractivity contribution in [3.8, 4) is 11.4 Å². The molecule has 0 saturated carbocycles. The number of thioether (sulfide) groups is 1. The molecule has 1 aliphatic rings. The summed E-state index contributed by atoms with van der Waals surface area (Å²) in [7, 11) is 0. The Kier molecular flexibility index (Phi) is 4.55. The number of hydrogen-bond acceptors (Lipinski definition) is 5. The van der Waals surface area contributed by atoms with E-state index in [-0.39, 0.29) is 5.91 Å². The Bertz CT molecular complexity index is 922. The number of aryl methyl sites for hydroxylation is 1. The number of para-hydroxylation sites is 1. The first-order valence-electron chi connectivity index (χ1n) is 8.13. The minimum Gasteiger partial charge on any atom is -0.311 e. The maximum absolute atomic E-state index is 12.6. The maximum Gasteiger partial charge on any atom is 0.237 e. The molecule has 0 atom stereocenters. The zero-order chi connectivity index (χ0) is 17.2. The molecule has 2 heterocycles. The lowest BCUT2D eigenvalue weighted by molar-refractivity contribution is -0.116. The van der Waals surface area contributed by atoms with Gasteiger partial charge in [-0.3, -0.25) is 4.79 Å². The quantitative estimate of drug-likeness (QED) is 0.649. The molecule has 0 bridgehead atoms. The van der Waals surface area contributed by atoms with E-state index in [0.717, 1.165) is 39.9 Å². The summed E-state index contributed by atoms with van der Waals surface area (Å²) < 4.78 is 5.28. The summed E-state index contributed by atoms with van der Waals surface area (Å²) in [5, 5.41) is 0. The standard InChI is InChI=1S/C19H17N3OS2/c1-13-6-2-4-8-15(13)18-20-19(25-21-18)24-12-17(23)22-11-10-14-7-3-5-9-16(14)22/h2-9H,10-12H2,1H3. The molecule has 0 fully saturated rings. The van der Waals surface area contributed by atoms with E-state index < -0.39 is 0 Å². The van der Waals surface area contributed by atoms with Gasteiger partial charge in [-0.05, 0) is 42.1 Å². The molecule has 4 rings (SSSR count). The Balaban J connectivity index is 1.43. The van der Waals surface area contributed by atoms with Crippen LogP contribution in [0, 0.1) is 6.92 Å². The highest BCUT2D eigenvalue weighted by Crippen LogP contribution is 2.30. The summed E-state index contributed by atoms with van der Waals surface area (Å²) in [6.45, 7) is 2.82. The van der Waals surface area contributed by atoms with Crippen LogP contribution in [0.3, 0.4) is 0 Å². The molecule has 0 spiro atoms. The largest absolute Gasteiger partial charge is 0.311 e. The molecule has 3 aromatic rings. The van der Waals surface area contributed by atoms with Gasteiger partial charge in [0.2, 0.25) is 5.91 Å². The van der Waals surface area contributed by atoms with Crippen molar-refractivity contribution >= 4 is 34.9 Å². The van der Waals surface area contributed by atoms with E-state index in [1.165, 1.54) is 28.9 Å². The lowest BCUT2D eigenvalue weighted by Gasteiger charge is -2.16. The number of benzene rings is 2. The molecule has 4 nitrogen and oxygen atoms in total. The van der Waals surface area contributed by atoms with E-state index in [1.807, 2.05) is 41.3 Å². The summed E-state index contributed by atoms with van der Waals surface area (Å²) in [6, 6.07) is 16.2. The van der Waals surface area contributed by atoms with Gasteiger partial charge in [0, 0.05) is 17.8 Å². The van der Waals surface area contributed by atoms with Gasteiger partial charge in [-0.2, -0.15) is 4.37 Å². The van der Waals surface area contributed by atoms with Crippen molar-refractivity contribution in [3.05, 3.63) is 59.7 Å². The fraction of sp³-hybridized carbons (Fsp3) is 0.211. The van der Waals surface area contributed by atoms with Gasteiger partial charge >= 0.3 is 0 Å². The van der Waals surface area contributed by atoms with E-state index >= 15 is 0 Å². The Morgan fingerprint density at radius 1 is 1.20 bits per heavy atom. The summed E-state index contributed by atoms with van der Waals surface area (Å²) in [5.41, 5.74) is 4.50. The Labute approximate surface area is 155 Å². The molecule has 6 heteroatoms. The second-order valence-corrected chi connectivity index (χ2v) is 7.89. The molecule has 0 radical (unpaired) electrons. The monoisotopic (exact) mass is 367 g/mol. The maximum atomic E-state index is 12.6. The summed E-state index contributed by atoms with van der Waals surface area (Å²) in [5.74, 6) is 1.25. The van der Waals surface area contributed by atoms with Crippen LogP contribution in [-0.4, -0.2) is 27.6 Å². The highest BCUT2D eigenvalue weighted by molar-refractivity contribution is 8.01. The topological polar surface area (TPSA) is 46.1 Å². The molecule has 0 N–H and O–H groups in total. The summed E-state index contributed by atoms with van der Waals surface area (Å²) in [6.07, 6.45) is 0.933. The van der Waals surface area contributed by atoms with Crippen LogP contribution in [-0.2, 0) is 11.2 Å². The van der Waals surface area contributed by atoms with E-state index in [9.17, 15) is 4.79 Å². The van der Waals surface area contributed by atoms with E-state index in [0.29, 0.717) is 5.75 Å². The van der Waals surface area contributed by atoms with Crippen LogP contribution < -0.4 is 4.90 Å². The molecule has 0 saturated heterocycles. The fourth-order valence-corrected chi connectivity index (χ4v) is 4.48. The average Bonchev–Trinajstić information content (AvgIpc) is 3.27. The second kappa shape index (κ2) is 6.98. The molecule has 0 unspecified atom stereocenters. The number of rotatable bonds is 4. The predicted molar refractivity (Wildman–Crippen MR) is 103 cm³/mol. The summed E-state index contributed by atoms with van der Waals surface area (Å²) in [4.78, 5) is 19.0. The van der Waals surface area contributed by atoms with Crippen molar-refractivity contribution in [2.45, 2.75) is 17.7 Å². The van der Waals surface area contributed by atoms with Gasteiger partial charge in [0.15, 0.2) is 10.2 Å². The summed E-state index contributed by atoms with van der Waals surface area (Å²) >= 11 is 2.82. The molecule has 0 aliphatic carbocycles. The van der Waals surface area contributed by atoms with Crippen molar-refractivity contribution in [1.82, 2.24) is 9.36 Å². The molecule has 25 heavy (non-hydrogen) atoms. The molecule has 1 aromatic heterocycles. The van der Waals surface area contributed by atoms with Crippen molar-refractivity contribution in [2.75, 3.05) is 17.2 Å². The number of aromatic nitrogens is 2. The number of hydrogen-bond donors (Lipinski definition) is 0. The SMILES string of the molecule is Cc1ccccc1-c1nsc(SCC(=O)N2CCc3ccccc32)n1. The zero-order valence-electron chi connectivity index (χ0n) is 13.8. The van der Waals surface area contributed by atoms with Crippen molar-refractivity contribution in [3.63, 3.8) is 0 Å². The number of carbonyl (C=O) groups is 1. The van der Waals surface area contributed by atoms with E-state index in [4.69, 9.17) is 0 Å². The number of amides is 1. The average molecular weight is 367 g/mol. The lowest BCUT2D eigenvalue weighted by atomic mass is 10.1. The highest BCUT2D eigenvalue weighted by atomic mass is 32.2. The van der Waals surface area contributed by atoms with E-state index in [2.05, 4.69) is 28.4 Å². The van der Waals surface area contributed by atoms with Crippen molar-refractivity contribution < 1.29 is 4.79 Å². The molecule has 2 aromatic carbocycles. The van der Waals surface area contributed by atoms with Crippen LogP contribution >= 0.6 is 23.3 Å². The van der Waals surface area contributed by atoms with Crippen LogP contribution in [0.5, 0.6) is 0 Å². The Morgan fingerprint density at radius 3 is 2.88 bits per heavy atom. The van der Waals surface area contributed by atoms with Gasteiger partial charge in [-0.25, -0.2) is 4.98 Å². The Morgan fingerprint density at radius 2 is 2.00 bits per heavy atom. The minimum atomic E-state index is 0.127. The number of nitrogens with zero attached hydrogens (tertiary/aromatic N) is 3. The van der Waals surface area contributed by atoms with Crippen LogP contribution in [0.1, 0.15) is 11.1 Å². The minimum absolute atomic E-state index is 0.127. The normalized spacial score (nSPS) is 13.1. The molecular formula is C19H17N3OS2. The van der Waals surface area contributed by atoms with Crippen LogP contribution in [0.25, 0.3) is 11.4 Å². The zero-order valence-corrected chi connectivity index (χ0v) is 15.4. The first-order valence-corrected chi connectivity index (χ1v) is 9.89. The first kappa shape index (κ1) is 16.3. The number of anilines is 1. The molecule has 126 valence electrons. The van der Waals surface area contributed by atoms with Crippen molar-refractivity contribution in [2.24, 2.45) is 0 Å². The first-order chi connectivity index (χ1) is 12.2. The number of carbonyl (C=O) groups excluding carboxylic acids is 1. The van der Waals surface area contributed by atoms with Crippen LogP contribution in [0.15, 0.2) is 52.9 Å². The van der Waals surface area contributed by atoms with Gasteiger partial charge in [0.05, 0.1) is 5.75 Å². The third-order valence-corrected chi connectivity index (χ3v) is 6.12. The van der Waals surface area contributed by atoms with Gasteiger partial charge < -0.3 is 4.90 Å². The van der Waals surface area contributed by atoms with Gasteiger partial charge in [0.25, 0.3) is 0 Å². The van der Waals surface area contributed by atoms with Gasteiger partial charge in [-0.15, -0.1) is 0 Å². The highest BCUT2D eigenvalue weighted by Gasteiger charge is 2.24. The van der Waals surface area contributed by atoms with Gasteiger partial charge in [0.1, 0.15) is 0 Å². The second-order valence-electron chi connectivity index (χ2n) is 5.91. The third kappa shape index (κ3) is 3.32. The number of fused-ring (bicyclic) bond motifs is 1. The predicted octanol–water partition coefficient (Wildman–Crippen LogP) is 4.19. The molecule has 1 amide bonds. The van der Waals surface area contributed by atoms with Crippen LogP contribution in [0.2, 0.25) is 0 Å². The smallest absolute Gasteiger partial charge is 0.237 e. The van der Waals surface area contributed by atoms with Crippen molar-refractivity contribution in [1.29, 1.82) is 0 Å².